The number of nitrogens with one attached hydrogen (secondary N) is 2. The summed E-state index contributed by atoms with van der Waals surface area (Å²) < 4.78 is 0. The van der Waals surface area contributed by atoms with Crippen LogP contribution in [0.15, 0.2) is 18.2 Å². The molecule has 0 aliphatic heterocycles. The zero-order valence-corrected chi connectivity index (χ0v) is 9.36. The SMILES string of the molecule is CNc1cc(NC2CC2C)cc([N+](=O)[O-])c1. The summed E-state index contributed by atoms with van der Waals surface area (Å²) in [7, 11) is 1.75. The highest BCUT2D eigenvalue weighted by atomic mass is 16.6. The first-order chi connectivity index (χ1) is 7.60. The highest BCUT2D eigenvalue weighted by Gasteiger charge is 2.32. The van der Waals surface area contributed by atoms with E-state index in [2.05, 4.69) is 17.6 Å². The molecule has 0 aromatic heterocycles. The molecule has 1 aromatic carbocycles. The molecule has 86 valence electrons. The molecular formula is C11H15N3O2. The van der Waals surface area contributed by atoms with E-state index in [1.54, 1.807) is 13.1 Å². The minimum atomic E-state index is -0.373. The smallest absolute Gasteiger partial charge is 0.273 e. The first-order valence-electron chi connectivity index (χ1n) is 5.34. The molecule has 5 heteroatoms. The maximum atomic E-state index is 10.7. The molecule has 0 bridgehead atoms. The van der Waals surface area contributed by atoms with Gasteiger partial charge in [-0.2, -0.15) is 0 Å². The summed E-state index contributed by atoms with van der Waals surface area (Å²) in [4.78, 5) is 10.4. The van der Waals surface area contributed by atoms with Crippen molar-refractivity contribution in [1.29, 1.82) is 0 Å². The monoisotopic (exact) mass is 221 g/mol. The predicted octanol–water partition coefficient (Wildman–Crippen LogP) is 2.46. The number of nitro groups is 1. The number of benzene rings is 1. The molecule has 1 aromatic rings. The molecule has 2 atom stereocenters. The Morgan fingerprint density at radius 2 is 2.00 bits per heavy atom. The van der Waals surface area contributed by atoms with Gasteiger partial charge in [0.2, 0.25) is 0 Å². The van der Waals surface area contributed by atoms with E-state index < -0.39 is 0 Å². The average molecular weight is 221 g/mol. The topological polar surface area (TPSA) is 67.2 Å². The van der Waals surface area contributed by atoms with E-state index in [-0.39, 0.29) is 10.6 Å². The van der Waals surface area contributed by atoms with Crippen LogP contribution in [0.4, 0.5) is 17.1 Å². The highest BCUT2D eigenvalue weighted by Crippen LogP contribution is 2.34. The van der Waals surface area contributed by atoms with Gasteiger partial charge >= 0.3 is 0 Å². The zero-order valence-electron chi connectivity index (χ0n) is 9.36. The Kier molecular flexibility index (Phi) is 2.68. The number of anilines is 2. The number of nitrogens with zero attached hydrogens (tertiary/aromatic N) is 1. The fourth-order valence-electron chi connectivity index (χ4n) is 1.68. The molecule has 2 rings (SSSR count). The summed E-state index contributed by atoms with van der Waals surface area (Å²) >= 11 is 0. The van der Waals surface area contributed by atoms with E-state index in [0.29, 0.717) is 12.0 Å². The first kappa shape index (κ1) is 10.7. The third-order valence-electron chi connectivity index (χ3n) is 2.88. The molecule has 0 saturated heterocycles. The van der Waals surface area contributed by atoms with Crippen molar-refractivity contribution in [1.82, 2.24) is 0 Å². The Hall–Kier alpha value is -1.78. The first-order valence-corrected chi connectivity index (χ1v) is 5.34. The van der Waals surface area contributed by atoms with Gasteiger partial charge in [-0.3, -0.25) is 10.1 Å². The summed E-state index contributed by atoms with van der Waals surface area (Å²) in [6, 6.07) is 5.46. The minimum Gasteiger partial charge on any atom is -0.388 e. The number of hydrogen-bond acceptors (Lipinski definition) is 4. The van der Waals surface area contributed by atoms with Gasteiger partial charge < -0.3 is 10.6 Å². The molecule has 0 spiro atoms. The quantitative estimate of drug-likeness (QED) is 0.605. The van der Waals surface area contributed by atoms with Crippen molar-refractivity contribution in [2.75, 3.05) is 17.7 Å². The molecule has 1 aliphatic carbocycles. The Bertz CT molecular complexity index is 420. The lowest BCUT2D eigenvalue weighted by Gasteiger charge is -2.07. The van der Waals surface area contributed by atoms with Gasteiger partial charge in [-0.25, -0.2) is 0 Å². The normalized spacial score (nSPS) is 22.6. The van der Waals surface area contributed by atoms with Crippen molar-refractivity contribution < 1.29 is 4.92 Å². The molecule has 2 N–H and O–H groups in total. The number of rotatable bonds is 4. The summed E-state index contributed by atoms with van der Waals surface area (Å²) in [5.41, 5.74) is 1.68. The Morgan fingerprint density at radius 3 is 2.50 bits per heavy atom. The van der Waals surface area contributed by atoms with E-state index in [0.717, 1.165) is 17.8 Å². The lowest BCUT2D eigenvalue weighted by Crippen LogP contribution is -2.04. The van der Waals surface area contributed by atoms with Crippen molar-refractivity contribution in [3.63, 3.8) is 0 Å². The van der Waals surface area contributed by atoms with Crippen LogP contribution in [0.2, 0.25) is 0 Å². The van der Waals surface area contributed by atoms with Crippen LogP contribution in [0.1, 0.15) is 13.3 Å². The van der Waals surface area contributed by atoms with Gasteiger partial charge in [0.25, 0.3) is 5.69 Å². The lowest BCUT2D eigenvalue weighted by molar-refractivity contribution is -0.384. The van der Waals surface area contributed by atoms with Crippen molar-refractivity contribution in [2.45, 2.75) is 19.4 Å². The van der Waals surface area contributed by atoms with E-state index in [4.69, 9.17) is 0 Å². The molecule has 1 saturated carbocycles. The predicted molar refractivity (Wildman–Crippen MR) is 63.8 cm³/mol. The molecule has 1 aliphatic rings. The van der Waals surface area contributed by atoms with Gasteiger partial charge in [0.15, 0.2) is 0 Å². The van der Waals surface area contributed by atoms with E-state index in [1.165, 1.54) is 6.07 Å². The highest BCUT2D eigenvalue weighted by molar-refractivity contribution is 5.63. The Balaban J connectivity index is 2.22. The van der Waals surface area contributed by atoms with Gasteiger partial charge in [-0.1, -0.05) is 6.92 Å². The standard InChI is InChI=1S/C11H15N3O2/c1-7-3-11(7)13-9-4-8(12-2)5-10(6-9)14(15)16/h4-7,11-13H,3H2,1-2H3. The van der Waals surface area contributed by atoms with Crippen molar-refractivity contribution in [3.8, 4) is 0 Å². The molecule has 1 fully saturated rings. The van der Waals surface area contributed by atoms with Crippen LogP contribution >= 0.6 is 0 Å². The molecule has 0 amide bonds. The second kappa shape index (κ2) is 4.00. The van der Waals surface area contributed by atoms with Crippen LogP contribution in [0.5, 0.6) is 0 Å². The number of non-ortho nitro benzene ring substituents is 1. The van der Waals surface area contributed by atoms with Gasteiger partial charge in [-0.15, -0.1) is 0 Å². The van der Waals surface area contributed by atoms with E-state index in [9.17, 15) is 10.1 Å². The van der Waals surface area contributed by atoms with Crippen LogP contribution < -0.4 is 10.6 Å². The fourth-order valence-corrected chi connectivity index (χ4v) is 1.68. The summed E-state index contributed by atoms with van der Waals surface area (Å²) in [5.74, 6) is 0.664. The van der Waals surface area contributed by atoms with Crippen LogP contribution in [0.3, 0.4) is 0 Å². The third kappa shape index (κ3) is 2.24. The molecule has 2 unspecified atom stereocenters. The number of nitro benzene ring substituents is 1. The van der Waals surface area contributed by atoms with Crippen molar-refractivity contribution in [3.05, 3.63) is 28.3 Å². The molecule has 0 radical (unpaired) electrons. The Morgan fingerprint density at radius 1 is 1.38 bits per heavy atom. The largest absolute Gasteiger partial charge is 0.388 e. The van der Waals surface area contributed by atoms with Crippen LogP contribution in [-0.4, -0.2) is 18.0 Å². The van der Waals surface area contributed by atoms with E-state index >= 15 is 0 Å². The van der Waals surface area contributed by atoms with Crippen LogP contribution in [0.25, 0.3) is 0 Å². The van der Waals surface area contributed by atoms with Gasteiger partial charge in [-0.05, 0) is 18.4 Å². The second-order valence-corrected chi connectivity index (χ2v) is 4.24. The van der Waals surface area contributed by atoms with Crippen LogP contribution in [-0.2, 0) is 0 Å². The second-order valence-electron chi connectivity index (χ2n) is 4.24. The van der Waals surface area contributed by atoms with Crippen LogP contribution in [0, 0.1) is 16.0 Å². The van der Waals surface area contributed by atoms with Gasteiger partial charge in [0, 0.05) is 36.6 Å². The maximum Gasteiger partial charge on any atom is 0.273 e. The summed E-state index contributed by atoms with van der Waals surface area (Å²) in [5, 5.41) is 17.0. The minimum absolute atomic E-state index is 0.114. The molecule has 16 heavy (non-hydrogen) atoms. The van der Waals surface area contributed by atoms with E-state index in [1.807, 2.05) is 6.07 Å². The lowest BCUT2D eigenvalue weighted by atomic mass is 10.2. The molecule has 5 nitrogen and oxygen atoms in total. The van der Waals surface area contributed by atoms with Crippen molar-refractivity contribution in [2.24, 2.45) is 5.92 Å². The van der Waals surface area contributed by atoms with Gasteiger partial charge in [0.1, 0.15) is 0 Å². The van der Waals surface area contributed by atoms with Crippen molar-refractivity contribution >= 4 is 17.1 Å². The zero-order chi connectivity index (χ0) is 11.7. The molecule has 0 heterocycles. The maximum absolute atomic E-state index is 10.7. The molecular weight excluding hydrogens is 206 g/mol. The average Bonchev–Trinajstić information content (AvgIpc) is 2.93. The summed E-state index contributed by atoms with van der Waals surface area (Å²) in [6.45, 7) is 2.16. The third-order valence-corrected chi connectivity index (χ3v) is 2.88. The fraction of sp³-hybridized carbons (Fsp3) is 0.455. The Labute approximate surface area is 94.0 Å². The number of hydrogen-bond donors (Lipinski definition) is 2. The van der Waals surface area contributed by atoms with Gasteiger partial charge in [0.05, 0.1) is 4.92 Å². The summed E-state index contributed by atoms with van der Waals surface area (Å²) in [6.07, 6.45) is 1.14.